The SMILES string of the molecule is COc1cc([C@@H](C)NCC2CC(c3ccc(F)c(C(=O)O)c3)c3ccccc3O2)ccc1F. The number of benzene rings is 3. The Morgan fingerprint density at radius 1 is 1.15 bits per heavy atom. The average Bonchev–Trinajstić information content (AvgIpc) is 2.82. The Kier molecular flexibility index (Phi) is 6.60. The van der Waals surface area contributed by atoms with E-state index in [-0.39, 0.29) is 29.4 Å². The van der Waals surface area contributed by atoms with Crippen molar-refractivity contribution in [1.29, 1.82) is 0 Å². The van der Waals surface area contributed by atoms with E-state index in [0.717, 1.165) is 22.4 Å². The van der Waals surface area contributed by atoms with Gasteiger partial charge in [-0.15, -0.1) is 0 Å². The summed E-state index contributed by atoms with van der Waals surface area (Å²) in [6.07, 6.45) is 0.391. The van der Waals surface area contributed by atoms with Crippen LogP contribution in [0.3, 0.4) is 0 Å². The van der Waals surface area contributed by atoms with E-state index in [9.17, 15) is 18.7 Å². The van der Waals surface area contributed by atoms with E-state index in [1.54, 1.807) is 18.2 Å². The van der Waals surface area contributed by atoms with Gasteiger partial charge in [-0.2, -0.15) is 0 Å². The van der Waals surface area contributed by atoms with Crippen molar-refractivity contribution in [2.75, 3.05) is 13.7 Å². The number of hydrogen-bond donors (Lipinski definition) is 2. The van der Waals surface area contributed by atoms with Crippen molar-refractivity contribution in [3.63, 3.8) is 0 Å². The highest BCUT2D eigenvalue weighted by molar-refractivity contribution is 5.88. The van der Waals surface area contributed by atoms with Crippen molar-refractivity contribution in [3.05, 3.63) is 94.6 Å². The van der Waals surface area contributed by atoms with E-state index >= 15 is 0 Å². The Morgan fingerprint density at radius 2 is 1.91 bits per heavy atom. The Morgan fingerprint density at radius 3 is 2.67 bits per heavy atom. The second-order valence-corrected chi connectivity index (χ2v) is 8.13. The minimum atomic E-state index is -1.29. The number of para-hydroxylation sites is 1. The van der Waals surface area contributed by atoms with Crippen LogP contribution in [0.25, 0.3) is 0 Å². The quantitative estimate of drug-likeness (QED) is 0.508. The minimum Gasteiger partial charge on any atom is -0.494 e. The summed E-state index contributed by atoms with van der Waals surface area (Å²) < 4.78 is 39.0. The second kappa shape index (κ2) is 9.58. The summed E-state index contributed by atoms with van der Waals surface area (Å²) in [5, 5.41) is 12.8. The van der Waals surface area contributed by atoms with Gasteiger partial charge in [0.05, 0.1) is 12.7 Å². The van der Waals surface area contributed by atoms with E-state index in [2.05, 4.69) is 5.32 Å². The van der Waals surface area contributed by atoms with E-state index in [1.165, 1.54) is 25.3 Å². The first kappa shape index (κ1) is 22.7. The van der Waals surface area contributed by atoms with Crippen molar-refractivity contribution in [1.82, 2.24) is 5.32 Å². The van der Waals surface area contributed by atoms with Crippen LogP contribution in [-0.4, -0.2) is 30.8 Å². The van der Waals surface area contributed by atoms with Crippen LogP contribution < -0.4 is 14.8 Å². The number of hydrogen-bond acceptors (Lipinski definition) is 4. The van der Waals surface area contributed by atoms with Crippen molar-refractivity contribution in [2.45, 2.75) is 31.4 Å². The molecule has 2 unspecified atom stereocenters. The van der Waals surface area contributed by atoms with Crippen LogP contribution >= 0.6 is 0 Å². The Balaban J connectivity index is 1.54. The molecule has 0 amide bonds. The Hall–Kier alpha value is -3.45. The number of aromatic carboxylic acids is 1. The first-order valence-corrected chi connectivity index (χ1v) is 10.7. The van der Waals surface area contributed by atoms with Gasteiger partial charge in [0.15, 0.2) is 11.6 Å². The molecule has 3 aromatic carbocycles. The highest BCUT2D eigenvalue weighted by atomic mass is 19.1. The number of rotatable bonds is 7. The standard InChI is InChI=1S/C26H25F2NO4/c1-15(16-7-10-23(28)25(12-16)32-2)29-14-18-13-20(19-5-3-4-6-24(19)33-18)17-8-9-22(27)21(11-17)26(30)31/h3-12,15,18,20,29H,13-14H2,1-2H3,(H,30,31)/t15-,18?,20?/m1/s1. The molecule has 1 aliphatic rings. The van der Waals surface area contributed by atoms with Gasteiger partial charge in [0.1, 0.15) is 17.7 Å². The van der Waals surface area contributed by atoms with Gasteiger partial charge in [-0.25, -0.2) is 13.6 Å². The lowest BCUT2D eigenvalue weighted by atomic mass is 9.83. The Bertz CT molecular complexity index is 1170. The predicted molar refractivity (Wildman–Crippen MR) is 120 cm³/mol. The summed E-state index contributed by atoms with van der Waals surface area (Å²) in [5.74, 6) is -1.69. The third kappa shape index (κ3) is 4.83. The maximum Gasteiger partial charge on any atom is 0.338 e. The maximum atomic E-state index is 14.0. The van der Waals surface area contributed by atoms with Crippen LogP contribution in [0.2, 0.25) is 0 Å². The Labute approximate surface area is 191 Å². The highest BCUT2D eigenvalue weighted by Gasteiger charge is 2.30. The summed E-state index contributed by atoms with van der Waals surface area (Å²) in [4.78, 5) is 11.4. The first-order valence-electron chi connectivity index (χ1n) is 10.7. The number of methoxy groups -OCH3 is 1. The molecule has 5 nitrogen and oxygen atoms in total. The zero-order valence-electron chi connectivity index (χ0n) is 18.3. The third-order valence-corrected chi connectivity index (χ3v) is 6.04. The zero-order chi connectivity index (χ0) is 23.5. The minimum absolute atomic E-state index is 0.0804. The lowest BCUT2D eigenvalue weighted by Crippen LogP contribution is -2.37. The molecule has 1 heterocycles. The average molecular weight is 453 g/mol. The lowest BCUT2D eigenvalue weighted by molar-refractivity contribution is 0.0691. The van der Waals surface area contributed by atoms with Gasteiger partial charge in [-0.1, -0.05) is 30.3 Å². The van der Waals surface area contributed by atoms with Crippen molar-refractivity contribution in [3.8, 4) is 11.5 Å². The molecule has 0 fully saturated rings. The summed E-state index contributed by atoms with van der Waals surface area (Å²) in [7, 11) is 1.43. The van der Waals surface area contributed by atoms with Crippen molar-refractivity contribution in [2.24, 2.45) is 0 Å². The van der Waals surface area contributed by atoms with Crippen LogP contribution in [0.5, 0.6) is 11.5 Å². The van der Waals surface area contributed by atoms with Gasteiger partial charge >= 0.3 is 5.97 Å². The van der Waals surface area contributed by atoms with Gasteiger partial charge in [0.2, 0.25) is 0 Å². The van der Waals surface area contributed by atoms with E-state index in [0.29, 0.717) is 13.0 Å². The molecule has 0 saturated carbocycles. The van der Waals surface area contributed by atoms with Crippen LogP contribution in [0.4, 0.5) is 8.78 Å². The second-order valence-electron chi connectivity index (χ2n) is 8.13. The molecule has 7 heteroatoms. The molecule has 0 saturated heterocycles. The molecule has 3 atom stereocenters. The number of ether oxygens (including phenoxy) is 2. The number of nitrogens with one attached hydrogen (secondary N) is 1. The van der Waals surface area contributed by atoms with Crippen LogP contribution in [-0.2, 0) is 0 Å². The third-order valence-electron chi connectivity index (χ3n) is 6.04. The molecular weight excluding hydrogens is 428 g/mol. The monoisotopic (exact) mass is 453 g/mol. The zero-order valence-corrected chi connectivity index (χ0v) is 18.3. The number of carbonyl (C=O) groups is 1. The summed E-state index contributed by atoms with van der Waals surface area (Å²) >= 11 is 0. The maximum absolute atomic E-state index is 14.0. The topological polar surface area (TPSA) is 67.8 Å². The van der Waals surface area contributed by atoms with Gasteiger partial charge in [-0.05, 0) is 54.8 Å². The molecular formula is C26H25F2NO4. The molecule has 0 radical (unpaired) electrons. The van der Waals surface area contributed by atoms with E-state index < -0.39 is 17.6 Å². The van der Waals surface area contributed by atoms with Crippen molar-refractivity contribution >= 4 is 5.97 Å². The largest absolute Gasteiger partial charge is 0.494 e. The van der Waals surface area contributed by atoms with E-state index in [4.69, 9.17) is 9.47 Å². The van der Waals surface area contributed by atoms with Gasteiger partial charge in [0.25, 0.3) is 0 Å². The fourth-order valence-corrected chi connectivity index (χ4v) is 4.23. The lowest BCUT2D eigenvalue weighted by Gasteiger charge is -2.33. The first-order chi connectivity index (χ1) is 15.9. The molecule has 1 aliphatic heterocycles. The molecule has 0 spiro atoms. The highest BCUT2D eigenvalue weighted by Crippen LogP contribution is 2.40. The number of halogens is 2. The van der Waals surface area contributed by atoms with Gasteiger partial charge in [-0.3, -0.25) is 0 Å². The summed E-state index contributed by atoms with van der Waals surface area (Å²) in [5.41, 5.74) is 2.20. The molecule has 33 heavy (non-hydrogen) atoms. The van der Waals surface area contributed by atoms with E-state index in [1.807, 2.05) is 31.2 Å². The molecule has 4 rings (SSSR count). The normalized spacial score (nSPS) is 18.2. The van der Waals surface area contributed by atoms with Crippen LogP contribution in [0.15, 0.2) is 60.7 Å². The van der Waals surface area contributed by atoms with Gasteiger partial charge < -0.3 is 19.9 Å². The number of carboxylic acid groups (broad SMARTS) is 1. The smallest absolute Gasteiger partial charge is 0.338 e. The summed E-state index contributed by atoms with van der Waals surface area (Å²) in [6.45, 7) is 2.48. The molecule has 3 aromatic rings. The number of fused-ring (bicyclic) bond motifs is 1. The van der Waals surface area contributed by atoms with Crippen LogP contribution in [0, 0.1) is 11.6 Å². The summed E-state index contributed by atoms with van der Waals surface area (Å²) in [6, 6.07) is 16.5. The fraction of sp³-hybridized carbons (Fsp3) is 0.269. The van der Waals surface area contributed by atoms with Crippen LogP contribution in [0.1, 0.15) is 52.4 Å². The predicted octanol–water partition coefficient (Wildman–Crippen LogP) is 5.31. The molecule has 2 N–H and O–H groups in total. The van der Waals surface area contributed by atoms with Crippen molar-refractivity contribution < 1.29 is 28.2 Å². The molecule has 0 aromatic heterocycles. The molecule has 172 valence electrons. The van der Waals surface area contributed by atoms with Gasteiger partial charge in [0, 0.05) is 24.1 Å². The number of carboxylic acids is 1. The fourth-order valence-electron chi connectivity index (χ4n) is 4.23. The molecule has 0 bridgehead atoms. The molecule has 0 aliphatic carbocycles.